The third-order valence-electron chi connectivity index (χ3n) is 2.54. The number of hydrogen-bond acceptors (Lipinski definition) is 6. The number of carbonyl (C=O) groups is 1. The maximum atomic E-state index is 11.0. The second kappa shape index (κ2) is 5.99. The van der Waals surface area contributed by atoms with E-state index < -0.39 is 0 Å². The van der Waals surface area contributed by atoms with Gasteiger partial charge in [0.15, 0.2) is 17.8 Å². The molecule has 0 N–H and O–H groups in total. The summed E-state index contributed by atoms with van der Waals surface area (Å²) < 4.78 is 15.6. The van der Waals surface area contributed by atoms with Crippen molar-refractivity contribution in [2.24, 2.45) is 0 Å². The molecule has 0 saturated carbocycles. The minimum Gasteiger partial charge on any atom is -0.490 e. The Morgan fingerprint density at radius 1 is 1.32 bits per heavy atom. The summed E-state index contributed by atoms with van der Waals surface area (Å²) in [6, 6.07) is 5.16. The highest BCUT2D eigenvalue weighted by Gasteiger charge is 2.13. The molecule has 6 heteroatoms. The van der Waals surface area contributed by atoms with Gasteiger partial charge in [0.05, 0.1) is 12.2 Å². The lowest BCUT2D eigenvalue weighted by molar-refractivity contribution is 0.111. The maximum absolute atomic E-state index is 11.0. The Morgan fingerprint density at radius 2 is 2.16 bits per heavy atom. The monoisotopic (exact) mass is 262 g/mol. The van der Waals surface area contributed by atoms with E-state index in [-0.39, 0.29) is 6.61 Å². The number of aryl methyl sites for hydroxylation is 1. The van der Waals surface area contributed by atoms with Crippen LogP contribution in [0.25, 0.3) is 0 Å². The van der Waals surface area contributed by atoms with E-state index in [1.54, 1.807) is 25.1 Å². The zero-order valence-corrected chi connectivity index (χ0v) is 10.8. The molecule has 0 aliphatic carbocycles. The van der Waals surface area contributed by atoms with E-state index in [9.17, 15) is 4.79 Å². The second-order valence-electron chi connectivity index (χ2n) is 3.81. The highest BCUT2D eigenvalue weighted by molar-refractivity contribution is 5.81. The lowest BCUT2D eigenvalue weighted by atomic mass is 10.2. The fraction of sp³-hybridized carbons (Fsp3) is 0.308. The van der Waals surface area contributed by atoms with Crippen LogP contribution in [0.15, 0.2) is 22.8 Å². The molecule has 2 aromatic rings. The van der Waals surface area contributed by atoms with E-state index >= 15 is 0 Å². The smallest absolute Gasteiger partial charge is 0.172 e. The highest BCUT2D eigenvalue weighted by atomic mass is 16.6. The van der Waals surface area contributed by atoms with Crippen LogP contribution in [0.2, 0.25) is 0 Å². The Labute approximate surface area is 110 Å². The second-order valence-corrected chi connectivity index (χ2v) is 3.81. The molecule has 6 nitrogen and oxygen atoms in total. The van der Waals surface area contributed by atoms with Gasteiger partial charge in [-0.1, -0.05) is 16.4 Å². The van der Waals surface area contributed by atoms with Crippen molar-refractivity contribution in [3.8, 4) is 11.5 Å². The standard InChI is InChI=1S/C13H14N2O4/c1-3-17-12-6-4-5-10(7-16)13(12)18-8-11-9(2)14-19-15-11/h4-7H,3,8H2,1-2H3. The lowest BCUT2D eigenvalue weighted by Gasteiger charge is -2.12. The summed E-state index contributed by atoms with van der Waals surface area (Å²) in [6.07, 6.45) is 0.728. The third kappa shape index (κ3) is 2.90. The van der Waals surface area contributed by atoms with Crippen molar-refractivity contribution in [3.63, 3.8) is 0 Å². The molecule has 0 radical (unpaired) electrons. The van der Waals surface area contributed by atoms with Crippen molar-refractivity contribution < 1.29 is 18.9 Å². The van der Waals surface area contributed by atoms with E-state index in [1.165, 1.54) is 0 Å². The molecule has 1 heterocycles. The molecule has 0 bridgehead atoms. The first-order valence-corrected chi connectivity index (χ1v) is 5.88. The predicted molar refractivity (Wildman–Crippen MR) is 66.4 cm³/mol. The Kier molecular flexibility index (Phi) is 4.12. The molecular formula is C13H14N2O4. The molecule has 1 aromatic heterocycles. The maximum Gasteiger partial charge on any atom is 0.172 e. The van der Waals surface area contributed by atoms with E-state index in [0.29, 0.717) is 35.1 Å². The van der Waals surface area contributed by atoms with Gasteiger partial charge in [-0.3, -0.25) is 4.79 Å². The summed E-state index contributed by atoms with van der Waals surface area (Å²) in [4.78, 5) is 11.0. The van der Waals surface area contributed by atoms with Gasteiger partial charge in [0.1, 0.15) is 18.0 Å². The Hall–Kier alpha value is -2.37. The molecule has 100 valence electrons. The summed E-state index contributed by atoms with van der Waals surface area (Å²) >= 11 is 0. The fourth-order valence-electron chi connectivity index (χ4n) is 1.57. The van der Waals surface area contributed by atoms with Gasteiger partial charge < -0.3 is 9.47 Å². The number of nitrogens with zero attached hydrogens (tertiary/aromatic N) is 2. The summed E-state index contributed by atoms with van der Waals surface area (Å²) in [5.41, 5.74) is 1.67. The Morgan fingerprint density at radius 3 is 2.79 bits per heavy atom. The van der Waals surface area contributed by atoms with Crippen molar-refractivity contribution in [2.45, 2.75) is 20.5 Å². The van der Waals surface area contributed by atoms with Crippen LogP contribution >= 0.6 is 0 Å². The quantitative estimate of drug-likeness (QED) is 0.743. The zero-order chi connectivity index (χ0) is 13.7. The largest absolute Gasteiger partial charge is 0.490 e. The van der Waals surface area contributed by atoms with Crippen molar-refractivity contribution in [1.29, 1.82) is 0 Å². The first kappa shape index (κ1) is 13.1. The molecule has 0 unspecified atom stereocenters. The molecule has 0 amide bonds. The Bertz CT molecular complexity index is 566. The van der Waals surface area contributed by atoms with Crippen LogP contribution in [-0.2, 0) is 6.61 Å². The predicted octanol–water partition coefficient (Wildman–Crippen LogP) is 2.17. The summed E-state index contributed by atoms with van der Waals surface area (Å²) in [5, 5.41) is 7.39. The number of aldehydes is 1. The number of rotatable bonds is 6. The van der Waals surface area contributed by atoms with Crippen molar-refractivity contribution in [3.05, 3.63) is 35.2 Å². The molecule has 19 heavy (non-hydrogen) atoms. The summed E-state index contributed by atoms with van der Waals surface area (Å²) in [6.45, 7) is 4.29. The van der Waals surface area contributed by atoms with Gasteiger partial charge in [0.25, 0.3) is 0 Å². The highest BCUT2D eigenvalue weighted by Crippen LogP contribution is 2.31. The SMILES string of the molecule is CCOc1cccc(C=O)c1OCc1nonc1C. The molecule has 1 aromatic carbocycles. The number of carbonyl (C=O) groups excluding carboxylic acids is 1. The molecule has 0 fully saturated rings. The van der Waals surface area contributed by atoms with Gasteiger partial charge >= 0.3 is 0 Å². The first-order chi connectivity index (χ1) is 9.26. The summed E-state index contributed by atoms with van der Waals surface area (Å²) in [7, 11) is 0. The zero-order valence-electron chi connectivity index (χ0n) is 10.8. The molecule has 2 rings (SSSR count). The van der Waals surface area contributed by atoms with Gasteiger partial charge in [-0.2, -0.15) is 0 Å². The number of ether oxygens (including phenoxy) is 2. The normalized spacial score (nSPS) is 10.2. The van der Waals surface area contributed by atoms with Crippen LogP contribution in [0.1, 0.15) is 28.7 Å². The molecule has 0 saturated heterocycles. The van der Waals surface area contributed by atoms with E-state index in [4.69, 9.17) is 9.47 Å². The van der Waals surface area contributed by atoms with Gasteiger partial charge in [0, 0.05) is 0 Å². The van der Waals surface area contributed by atoms with Gasteiger partial charge in [0.2, 0.25) is 0 Å². The van der Waals surface area contributed by atoms with Crippen molar-refractivity contribution in [1.82, 2.24) is 10.3 Å². The summed E-state index contributed by atoms with van der Waals surface area (Å²) in [5.74, 6) is 0.933. The number of aromatic nitrogens is 2. The van der Waals surface area contributed by atoms with Crippen molar-refractivity contribution >= 4 is 6.29 Å². The van der Waals surface area contributed by atoms with Crippen LogP contribution in [0.5, 0.6) is 11.5 Å². The van der Waals surface area contributed by atoms with Crippen LogP contribution in [0, 0.1) is 6.92 Å². The van der Waals surface area contributed by atoms with E-state index in [0.717, 1.165) is 6.29 Å². The van der Waals surface area contributed by atoms with Crippen molar-refractivity contribution in [2.75, 3.05) is 6.61 Å². The number of benzene rings is 1. The minimum atomic E-state index is 0.167. The van der Waals surface area contributed by atoms with E-state index in [2.05, 4.69) is 14.9 Å². The van der Waals surface area contributed by atoms with Crippen LogP contribution in [-0.4, -0.2) is 23.2 Å². The van der Waals surface area contributed by atoms with Gasteiger partial charge in [-0.15, -0.1) is 0 Å². The van der Waals surface area contributed by atoms with Crippen LogP contribution in [0.3, 0.4) is 0 Å². The number of hydrogen-bond donors (Lipinski definition) is 0. The first-order valence-electron chi connectivity index (χ1n) is 5.88. The molecular weight excluding hydrogens is 248 g/mol. The molecule has 0 spiro atoms. The molecule has 0 aliphatic rings. The van der Waals surface area contributed by atoms with Crippen LogP contribution < -0.4 is 9.47 Å². The third-order valence-corrected chi connectivity index (χ3v) is 2.54. The molecule has 0 atom stereocenters. The minimum absolute atomic E-state index is 0.167. The van der Waals surface area contributed by atoms with Gasteiger partial charge in [-0.25, -0.2) is 4.63 Å². The lowest BCUT2D eigenvalue weighted by Crippen LogP contribution is -2.03. The topological polar surface area (TPSA) is 74.5 Å². The van der Waals surface area contributed by atoms with E-state index in [1.807, 2.05) is 6.92 Å². The number of para-hydroxylation sites is 1. The van der Waals surface area contributed by atoms with Gasteiger partial charge in [-0.05, 0) is 26.0 Å². The average Bonchev–Trinajstić information content (AvgIpc) is 2.83. The fourth-order valence-corrected chi connectivity index (χ4v) is 1.57. The van der Waals surface area contributed by atoms with Crippen LogP contribution in [0.4, 0.5) is 0 Å². The average molecular weight is 262 g/mol. The molecule has 0 aliphatic heterocycles. The Balaban J connectivity index is 2.22.